The molecule has 0 aliphatic carbocycles. The second kappa shape index (κ2) is 5.82. The molecule has 2 N–H and O–H groups in total. The quantitative estimate of drug-likeness (QED) is 0.868. The predicted octanol–water partition coefficient (Wildman–Crippen LogP) is 2.20. The lowest BCUT2D eigenvalue weighted by Gasteiger charge is -2.23. The molecular formula is C14H22N2O. The number of rotatable bonds is 4. The van der Waals surface area contributed by atoms with E-state index in [0.717, 1.165) is 12.1 Å². The van der Waals surface area contributed by atoms with Crippen LogP contribution in [0.25, 0.3) is 0 Å². The van der Waals surface area contributed by atoms with Crippen molar-refractivity contribution in [3.8, 4) is 0 Å². The molecule has 94 valence electrons. The Morgan fingerprint density at radius 2 is 1.82 bits per heavy atom. The van der Waals surface area contributed by atoms with Gasteiger partial charge in [0.15, 0.2) is 0 Å². The van der Waals surface area contributed by atoms with E-state index in [1.165, 1.54) is 5.56 Å². The van der Waals surface area contributed by atoms with E-state index in [-0.39, 0.29) is 11.8 Å². The number of nitrogens with two attached hydrogens (primary N) is 1. The summed E-state index contributed by atoms with van der Waals surface area (Å²) in [4.78, 5) is 13.7. The Morgan fingerprint density at radius 1 is 1.29 bits per heavy atom. The minimum absolute atomic E-state index is 0.0377. The molecule has 0 aliphatic heterocycles. The Kier molecular flexibility index (Phi) is 4.70. The number of anilines is 1. The monoisotopic (exact) mass is 234 g/mol. The molecule has 1 aromatic rings. The highest BCUT2D eigenvalue weighted by Crippen LogP contribution is 2.16. The van der Waals surface area contributed by atoms with Gasteiger partial charge in [-0.1, -0.05) is 32.9 Å². The average molecular weight is 234 g/mol. The highest BCUT2D eigenvalue weighted by molar-refractivity contribution is 5.96. The van der Waals surface area contributed by atoms with E-state index in [2.05, 4.69) is 6.92 Å². The maximum absolute atomic E-state index is 12.0. The Balaban J connectivity index is 2.81. The van der Waals surface area contributed by atoms with Gasteiger partial charge in [0.2, 0.25) is 5.91 Å². The molecule has 0 spiro atoms. The lowest BCUT2D eigenvalue weighted by Crippen LogP contribution is -2.45. The molecule has 0 unspecified atom stereocenters. The van der Waals surface area contributed by atoms with Gasteiger partial charge in [-0.2, -0.15) is 0 Å². The third-order valence-corrected chi connectivity index (χ3v) is 3.07. The van der Waals surface area contributed by atoms with Crippen molar-refractivity contribution in [3.05, 3.63) is 29.8 Å². The molecule has 17 heavy (non-hydrogen) atoms. The van der Waals surface area contributed by atoms with Crippen LogP contribution in [0.4, 0.5) is 5.69 Å². The van der Waals surface area contributed by atoms with E-state index in [1.54, 1.807) is 11.9 Å². The van der Waals surface area contributed by atoms with Crippen LogP contribution in [0.2, 0.25) is 0 Å². The van der Waals surface area contributed by atoms with Crippen molar-refractivity contribution in [2.75, 3.05) is 11.9 Å². The smallest absolute Gasteiger partial charge is 0.243 e. The van der Waals surface area contributed by atoms with Gasteiger partial charge in [0.25, 0.3) is 0 Å². The second-order valence-electron chi connectivity index (χ2n) is 4.69. The molecule has 3 nitrogen and oxygen atoms in total. The van der Waals surface area contributed by atoms with Gasteiger partial charge < -0.3 is 10.6 Å². The normalized spacial score (nSPS) is 12.6. The number of hydrogen-bond acceptors (Lipinski definition) is 2. The molecule has 0 saturated carbocycles. The number of amides is 1. The number of hydrogen-bond donors (Lipinski definition) is 1. The van der Waals surface area contributed by atoms with E-state index < -0.39 is 6.04 Å². The zero-order chi connectivity index (χ0) is 13.0. The van der Waals surface area contributed by atoms with Crippen molar-refractivity contribution in [1.29, 1.82) is 0 Å². The molecule has 0 heterocycles. The van der Waals surface area contributed by atoms with Crippen molar-refractivity contribution in [3.63, 3.8) is 0 Å². The molecule has 1 amide bonds. The summed E-state index contributed by atoms with van der Waals surface area (Å²) in [7, 11) is 1.77. The first-order valence-corrected chi connectivity index (χ1v) is 6.09. The first-order valence-electron chi connectivity index (χ1n) is 6.09. The molecule has 3 heteroatoms. The summed E-state index contributed by atoms with van der Waals surface area (Å²) in [6.07, 6.45) is 1.00. The molecule has 1 rings (SSSR count). The van der Waals surface area contributed by atoms with Gasteiger partial charge in [0.05, 0.1) is 6.04 Å². The maximum atomic E-state index is 12.0. The number of carbonyl (C=O) groups excluding carboxylic acids is 1. The van der Waals surface area contributed by atoms with Crippen molar-refractivity contribution < 1.29 is 4.79 Å². The molecule has 0 radical (unpaired) electrons. The van der Waals surface area contributed by atoms with Crippen LogP contribution in [0.3, 0.4) is 0 Å². The summed E-state index contributed by atoms with van der Waals surface area (Å²) in [5.41, 5.74) is 8.02. The van der Waals surface area contributed by atoms with Gasteiger partial charge in [0, 0.05) is 12.7 Å². The first-order chi connectivity index (χ1) is 7.97. The number of carbonyl (C=O) groups is 1. The molecule has 0 bridgehead atoms. The van der Waals surface area contributed by atoms with Crippen molar-refractivity contribution in [2.45, 2.75) is 33.2 Å². The van der Waals surface area contributed by atoms with Gasteiger partial charge in [-0.05, 0) is 30.0 Å². The molecule has 0 aliphatic rings. The summed E-state index contributed by atoms with van der Waals surface area (Å²) in [6.45, 7) is 6.02. The van der Waals surface area contributed by atoms with Crippen LogP contribution < -0.4 is 10.6 Å². The summed E-state index contributed by atoms with van der Waals surface area (Å²) in [6, 6.07) is 7.57. The fraction of sp³-hybridized carbons (Fsp3) is 0.500. The highest BCUT2D eigenvalue weighted by atomic mass is 16.2. The van der Waals surface area contributed by atoms with Crippen molar-refractivity contribution in [2.24, 2.45) is 11.7 Å². The van der Waals surface area contributed by atoms with E-state index in [1.807, 2.05) is 38.1 Å². The van der Waals surface area contributed by atoms with Crippen LogP contribution in [0.1, 0.15) is 26.3 Å². The lowest BCUT2D eigenvalue weighted by atomic mass is 10.0. The Labute approximate surface area is 104 Å². The third-order valence-electron chi connectivity index (χ3n) is 3.07. The van der Waals surface area contributed by atoms with E-state index in [4.69, 9.17) is 5.73 Å². The number of likely N-dealkylation sites (N-methyl/N-ethyl adjacent to an activating group) is 1. The zero-order valence-electron chi connectivity index (χ0n) is 11.1. The number of benzene rings is 1. The second-order valence-corrected chi connectivity index (χ2v) is 4.69. The van der Waals surface area contributed by atoms with Crippen LogP contribution >= 0.6 is 0 Å². The largest absolute Gasteiger partial charge is 0.320 e. The Hall–Kier alpha value is -1.35. The van der Waals surface area contributed by atoms with Crippen LogP contribution in [0, 0.1) is 5.92 Å². The van der Waals surface area contributed by atoms with Crippen LogP contribution in [0.15, 0.2) is 24.3 Å². The summed E-state index contributed by atoms with van der Waals surface area (Å²) >= 11 is 0. The van der Waals surface area contributed by atoms with Gasteiger partial charge in [-0.25, -0.2) is 0 Å². The summed E-state index contributed by atoms with van der Waals surface area (Å²) in [5, 5.41) is 0. The van der Waals surface area contributed by atoms with Crippen LogP contribution in [0.5, 0.6) is 0 Å². The van der Waals surface area contributed by atoms with E-state index in [0.29, 0.717) is 0 Å². The number of aryl methyl sites for hydroxylation is 1. The predicted molar refractivity (Wildman–Crippen MR) is 72.0 cm³/mol. The van der Waals surface area contributed by atoms with Gasteiger partial charge >= 0.3 is 0 Å². The lowest BCUT2D eigenvalue weighted by molar-refractivity contribution is -0.120. The molecule has 0 saturated heterocycles. The number of nitrogens with zero attached hydrogens (tertiary/aromatic N) is 1. The van der Waals surface area contributed by atoms with E-state index in [9.17, 15) is 4.79 Å². The fourth-order valence-corrected chi connectivity index (χ4v) is 1.59. The van der Waals surface area contributed by atoms with Crippen LogP contribution in [-0.4, -0.2) is 19.0 Å². The maximum Gasteiger partial charge on any atom is 0.243 e. The highest BCUT2D eigenvalue weighted by Gasteiger charge is 2.21. The van der Waals surface area contributed by atoms with Crippen molar-refractivity contribution in [1.82, 2.24) is 0 Å². The minimum atomic E-state index is -0.439. The standard InChI is InChI=1S/C14H22N2O/c1-5-11-6-8-12(9-7-11)16(4)14(17)13(15)10(2)3/h6-10,13H,5,15H2,1-4H3/t13-/m1/s1. The molecule has 0 aromatic heterocycles. The molecule has 1 aromatic carbocycles. The molecular weight excluding hydrogens is 212 g/mol. The summed E-state index contributed by atoms with van der Waals surface area (Å²) in [5.74, 6) is 0.115. The van der Waals surface area contributed by atoms with Gasteiger partial charge in [0.1, 0.15) is 0 Å². The van der Waals surface area contributed by atoms with Crippen molar-refractivity contribution >= 4 is 11.6 Å². The zero-order valence-corrected chi connectivity index (χ0v) is 11.1. The third kappa shape index (κ3) is 3.30. The SMILES string of the molecule is CCc1ccc(N(C)C(=O)[C@H](N)C(C)C)cc1. The Morgan fingerprint density at radius 3 is 2.24 bits per heavy atom. The van der Waals surface area contributed by atoms with Gasteiger partial charge in [-0.3, -0.25) is 4.79 Å². The molecule has 1 atom stereocenters. The average Bonchev–Trinajstić information content (AvgIpc) is 2.36. The Bertz CT molecular complexity index is 370. The molecule has 0 fully saturated rings. The fourth-order valence-electron chi connectivity index (χ4n) is 1.59. The minimum Gasteiger partial charge on any atom is -0.320 e. The van der Waals surface area contributed by atoms with Crippen LogP contribution in [-0.2, 0) is 11.2 Å². The topological polar surface area (TPSA) is 46.3 Å². The van der Waals surface area contributed by atoms with E-state index >= 15 is 0 Å². The van der Waals surface area contributed by atoms with Gasteiger partial charge in [-0.15, -0.1) is 0 Å². The first kappa shape index (κ1) is 13.7. The summed E-state index contributed by atoms with van der Waals surface area (Å²) < 4.78 is 0.